The van der Waals surface area contributed by atoms with Crippen molar-refractivity contribution in [3.8, 4) is 11.8 Å². The molecule has 5 heteroatoms. The number of ether oxygens (including phenoxy) is 1. The number of ketones is 1. The van der Waals surface area contributed by atoms with Crippen LogP contribution < -0.4 is 4.74 Å². The summed E-state index contributed by atoms with van der Waals surface area (Å²) in [6.45, 7) is 1.69. The predicted octanol–water partition coefficient (Wildman–Crippen LogP) is 4.56. The lowest BCUT2D eigenvalue weighted by Crippen LogP contribution is -2.26. The highest BCUT2D eigenvalue weighted by Crippen LogP contribution is 2.29. The number of hydrogen-bond acceptors (Lipinski definition) is 4. The van der Waals surface area contributed by atoms with E-state index >= 15 is 0 Å². The minimum atomic E-state index is 0.171. The summed E-state index contributed by atoms with van der Waals surface area (Å²) in [5.41, 5.74) is 3.78. The molecule has 148 valence electrons. The molecule has 0 amide bonds. The molecule has 2 aromatic carbocycles. The van der Waals surface area contributed by atoms with Gasteiger partial charge in [0.2, 0.25) is 0 Å². The quantitative estimate of drug-likeness (QED) is 0.643. The maximum atomic E-state index is 11.5. The van der Waals surface area contributed by atoms with Crippen LogP contribution in [0.15, 0.2) is 42.5 Å². The molecule has 3 aromatic rings. The molecule has 0 spiro atoms. The predicted molar refractivity (Wildman–Crippen MR) is 112 cm³/mol. The van der Waals surface area contributed by atoms with Crippen LogP contribution in [0.3, 0.4) is 0 Å². The number of benzene rings is 2. The number of nitrogens with zero attached hydrogens (tertiary/aromatic N) is 3. The second-order valence-corrected chi connectivity index (χ2v) is 7.93. The highest BCUT2D eigenvalue weighted by Gasteiger charge is 2.25. The van der Waals surface area contributed by atoms with Gasteiger partial charge < -0.3 is 9.30 Å². The van der Waals surface area contributed by atoms with Gasteiger partial charge in [0.1, 0.15) is 17.4 Å². The Bertz CT molecular complexity index is 1070. The third kappa shape index (κ3) is 4.17. The summed E-state index contributed by atoms with van der Waals surface area (Å²) < 4.78 is 8.30. The smallest absolute Gasteiger partial charge is 0.132 e. The third-order valence-corrected chi connectivity index (χ3v) is 5.94. The molecular formula is C24H25N3O2. The van der Waals surface area contributed by atoms with E-state index in [1.807, 2.05) is 43.4 Å². The van der Waals surface area contributed by atoms with Gasteiger partial charge >= 0.3 is 0 Å². The highest BCUT2D eigenvalue weighted by molar-refractivity contribution is 5.78. The fraction of sp³-hybridized carbons (Fsp3) is 0.375. The Morgan fingerprint density at radius 2 is 1.90 bits per heavy atom. The van der Waals surface area contributed by atoms with Gasteiger partial charge in [-0.1, -0.05) is 12.1 Å². The monoisotopic (exact) mass is 387 g/mol. The van der Waals surface area contributed by atoms with E-state index in [1.54, 1.807) is 6.92 Å². The average Bonchev–Trinajstić information content (AvgIpc) is 3.03. The van der Waals surface area contributed by atoms with E-state index in [0.717, 1.165) is 53.9 Å². The van der Waals surface area contributed by atoms with Crippen LogP contribution in [0.5, 0.6) is 5.75 Å². The molecule has 0 N–H and O–H groups in total. The Hall–Kier alpha value is -3.13. The average molecular weight is 387 g/mol. The number of imidazole rings is 1. The van der Waals surface area contributed by atoms with Gasteiger partial charge in [-0.3, -0.25) is 4.79 Å². The largest absolute Gasteiger partial charge is 0.490 e. The zero-order chi connectivity index (χ0) is 20.4. The van der Waals surface area contributed by atoms with E-state index in [4.69, 9.17) is 15.0 Å². The summed E-state index contributed by atoms with van der Waals surface area (Å²) in [6, 6.07) is 15.8. The van der Waals surface area contributed by atoms with Crippen LogP contribution in [0.4, 0.5) is 0 Å². The van der Waals surface area contributed by atoms with Crippen molar-refractivity contribution in [1.82, 2.24) is 9.55 Å². The zero-order valence-electron chi connectivity index (χ0n) is 16.9. The topological polar surface area (TPSA) is 67.9 Å². The summed E-state index contributed by atoms with van der Waals surface area (Å²) in [6.07, 6.45) is 4.57. The molecule has 0 aliphatic heterocycles. The van der Waals surface area contributed by atoms with Crippen LogP contribution in [0, 0.1) is 17.2 Å². The molecule has 0 unspecified atom stereocenters. The van der Waals surface area contributed by atoms with Gasteiger partial charge in [0.05, 0.1) is 28.8 Å². The van der Waals surface area contributed by atoms with Crippen molar-refractivity contribution in [2.45, 2.75) is 45.1 Å². The van der Waals surface area contributed by atoms with Gasteiger partial charge in [-0.25, -0.2) is 4.98 Å². The zero-order valence-corrected chi connectivity index (χ0v) is 16.9. The first-order valence-corrected chi connectivity index (χ1v) is 10.1. The van der Waals surface area contributed by atoms with E-state index in [0.29, 0.717) is 17.8 Å². The number of aromatic nitrogens is 2. The minimum Gasteiger partial charge on any atom is -0.490 e. The molecule has 29 heavy (non-hydrogen) atoms. The van der Waals surface area contributed by atoms with Gasteiger partial charge in [0.15, 0.2) is 0 Å². The molecule has 5 nitrogen and oxygen atoms in total. The minimum absolute atomic E-state index is 0.171. The van der Waals surface area contributed by atoms with Crippen molar-refractivity contribution >= 4 is 16.8 Å². The summed E-state index contributed by atoms with van der Waals surface area (Å²) in [7, 11) is 2.03. The molecule has 1 aromatic heterocycles. The number of hydrogen-bond donors (Lipinski definition) is 0. The van der Waals surface area contributed by atoms with E-state index in [1.165, 1.54) is 0 Å². The third-order valence-electron chi connectivity index (χ3n) is 5.94. The highest BCUT2D eigenvalue weighted by atomic mass is 16.5. The molecule has 1 aliphatic carbocycles. The molecule has 1 fully saturated rings. The van der Waals surface area contributed by atoms with Crippen molar-refractivity contribution in [3.63, 3.8) is 0 Å². The van der Waals surface area contributed by atoms with E-state index in [2.05, 4.69) is 16.7 Å². The first-order valence-electron chi connectivity index (χ1n) is 10.1. The number of aryl methyl sites for hydroxylation is 1. The van der Waals surface area contributed by atoms with Gasteiger partial charge in [-0.05, 0) is 62.4 Å². The van der Waals surface area contributed by atoms with Gasteiger partial charge in [-0.2, -0.15) is 5.26 Å². The molecule has 4 rings (SSSR count). The first kappa shape index (κ1) is 19.2. The van der Waals surface area contributed by atoms with E-state index < -0.39 is 0 Å². The van der Waals surface area contributed by atoms with Crippen molar-refractivity contribution in [2.75, 3.05) is 0 Å². The lowest BCUT2D eigenvalue weighted by molar-refractivity contribution is -0.122. The van der Waals surface area contributed by atoms with Crippen molar-refractivity contribution in [3.05, 3.63) is 59.4 Å². The Labute approximate surface area is 170 Å². The van der Waals surface area contributed by atoms with Crippen molar-refractivity contribution in [1.29, 1.82) is 5.26 Å². The van der Waals surface area contributed by atoms with Crippen LogP contribution in [0.2, 0.25) is 0 Å². The molecule has 1 saturated carbocycles. The summed E-state index contributed by atoms with van der Waals surface area (Å²) in [5.74, 6) is 2.32. The molecule has 0 radical (unpaired) electrons. The normalized spacial score (nSPS) is 19.1. The molecule has 0 saturated heterocycles. The van der Waals surface area contributed by atoms with Gasteiger partial charge in [-0.15, -0.1) is 0 Å². The number of carbonyl (C=O) groups is 1. The SMILES string of the molecule is CC(=O)C1CCC(Oc2ccc3c(c2)nc(Cc2ccc(C#N)cc2)n3C)CC1. The van der Waals surface area contributed by atoms with E-state index in [9.17, 15) is 4.79 Å². The molecule has 0 atom stereocenters. The maximum absolute atomic E-state index is 11.5. The number of carbonyl (C=O) groups excluding carboxylic acids is 1. The fourth-order valence-electron chi connectivity index (χ4n) is 4.12. The fourth-order valence-corrected chi connectivity index (χ4v) is 4.12. The molecule has 1 heterocycles. The van der Waals surface area contributed by atoms with Crippen LogP contribution in [-0.2, 0) is 18.3 Å². The summed E-state index contributed by atoms with van der Waals surface area (Å²) in [5, 5.41) is 8.95. The van der Waals surface area contributed by atoms with Crippen LogP contribution >= 0.6 is 0 Å². The number of nitriles is 1. The van der Waals surface area contributed by atoms with Crippen molar-refractivity contribution < 1.29 is 9.53 Å². The Kier molecular flexibility index (Phi) is 5.35. The number of fused-ring (bicyclic) bond motifs is 1. The number of rotatable bonds is 5. The Morgan fingerprint density at radius 1 is 1.17 bits per heavy atom. The van der Waals surface area contributed by atoms with Crippen molar-refractivity contribution in [2.24, 2.45) is 13.0 Å². The number of Topliss-reactive ketones (excluding diaryl/α,β-unsaturated/α-hetero) is 1. The standard InChI is InChI=1S/C24H25N3O2/c1-16(28)19-7-9-20(10-8-19)29-21-11-12-23-22(14-21)26-24(27(23)2)13-17-3-5-18(15-25)6-4-17/h3-6,11-12,14,19-20H,7-10,13H2,1-2H3. The molecular weight excluding hydrogens is 362 g/mol. The Balaban J connectivity index is 1.48. The van der Waals surface area contributed by atoms with Gasteiger partial charge in [0.25, 0.3) is 0 Å². The Morgan fingerprint density at radius 3 is 2.55 bits per heavy atom. The second kappa shape index (κ2) is 8.08. The first-order chi connectivity index (χ1) is 14.0. The lowest BCUT2D eigenvalue weighted by Gasteiger charge is -2.27. The van der Waals surface area contributed by atoms with Crippen LogP contribution in [0.25, 0.3) is 11.0 Å². The maximum Gasteiger partial charge on any atom is 0.132 e. The van der Waals surface area contributed by atoms with Gasteiger partial charge in [0, 0.05) is 25.5 Å². The van der Waals surface area contributed by atoms with Crippen LogP contribution in [0.1, 0.15) is 49.6 Å². The van der Waals surface area contributed by atoms with Crippen LogP contribution in [-0.4, -0.2) is 21.4 Å². The van der Waals surface area contributed by atoms with E-state index in [-0.39, 0.29) is 12.0 Å². The summed E-state index contributed by atoms with van der Waals surface area (Å²) >= 11 is 0. The lowest BCUT2D eigenvalue weighted by atomic mass is 9.85. The second-order valence-electron chi connectivity index (χ2n) is 7.93. The molecule has 0 bridgehead atoms. The molecule has 1 aliphatic rings. The summed E-state index contributed by atoms with van der Waals surface area (Å²) in [4.78, 5) is 16.4.